The number of hydrogen-bond acceptors (Lipinski definition) is 2. The first kappa shape index (κ1) is 20.4. The molecule has 0 unspecified atom stereocenters. The third kappa shape index (κ3) is 15.6. The molecule has 3 nitrogen and oxygen atoms in total. The monoisotopic (exact) mass is 299 g/mol. The van der Waals surface area contributed by atoms with E-state index in [1.165, 1.54) is 70.6 Å². The summed E-state index contributed by atoms with van der Waals surface area (Å²) in [6, 6.07) is 0. The summed E-state index contributed by atoms with van der Waals surface area (Å²) in [5.74, 6) is -0.930. The summed E-state index contributed by atoms with van der Waals surface area (Å²) in [7, 11) is 4.22. The minimum absolute atomic E-state index is 0.172. The van der Waals surface area contributed by atoms with Crippen molar-refractivity contribution in [1.82, 2.24) is 0 Å². The molecule has 0 aliphatic heterocycles. The standard InChI is InChI=1S/C18H37NO2/c1-4-5-6-7-8-9-10-11-12-13-14-16-19(2,3)17-15-18(20)21/h4-17H2,1-3H3. The van der Waals surface area contributed by atoms with Crippen molar-refractivity contribution >= 4 is 5.97 Å². The van der Waals surface area contributed by atoms with Crippen molar-refractivity contribution in [3.63, 3.8) is 0 Å². The second kappa shape index (κ2) is 13.1. The lowest BCUT2D eigenvalue weighted by atomic mass is 10.1. The van der Waals surface area contributed by atoms with Gasteiger partial charge in [-0.2, -0.15) is 0 Å². The minimum Gasteiger partial charge on any atom is -0.550 e. The number of carbonyl (C=O) groups excluding carboxylic acids is 1. The highest BCUT2D eigenvalue weighted by molar-refractivity contribution is 5.64. The first-order chi connectivity index (χ1) is 9.98. The number of carbonyl (C=O) groups is 1. The minimum atomic E-state index is -0.930. The quantitative estimate of drug-likeness (QED) is 0.343. The second-order valence-corrected chi connectivity index (χ2v) is 7.04. The molecule has 0 amide bonds. The highest BCUT2D eigenvalue weighted by atomic mass is 16.4. The van der Waals surface area contributed by atoms with Gasteiger partial charge in [-0.3, -0.25) is 0 Å². The normalized spacial score (nSPS) is 11.8. The van der Waals surface area contributed by atoms with E-state index in [0.29, 0.717) is 6.54 Å². The van der Waals surface area contributed by atoms with Crippen LogP contribution in [0.25, 0.3) is 0 Å². The van der Waals surface area contributed by atoms with Gasteiger partial charge < -0.3 is 14.4 Å². The molecule has 0 saturated carbocycles. The molecule has 0 radical (unpaired) electrons. The summed E-state index contributed by atoms with van der Waals surface area (Å²) >= 11 is 0. The van der Waals surface area contributed by atoms with Crippen molar-refractivity contribution in [2.24, 2.45) is 0 Å². The van der Waals surface area contributed by atoms with Crippen LogP contribution in [0, 0.1) is 0 Å². The molecule has 0 aromatic rings. The third-order valence-electron chi connectivity index (χ3n) is 4.29. The van der Waals surface area contributed by atoms with E-state index in [-0.39, 0.29) is 6.42 Å². The molecule has 0 fully saturated rings. The number of hydrogen-bond donors (Lipinski definition) is 0. The molecule has 3 heteroatoms. The van der Waals surface area contributed by atoms with Crippen molar-refractivity contribution in [3.8, 4) is 0 Å². The summed E-state index contributed by atoms with van der Waals surface area (Å²) in [4.78, 5) is 10.5. The number of carboxylic acids is 1. The number of unbranched alkanes of at least 4 members (excludes halogenated alkanes) is 10. The molecular weight excluding hydrogens is 262 g/mol. The molecule has 0 aliphatic rings. The maximum absolute atomic E-state index is 10.5. The van der Waals surface area contributed by atoms with Gasteiger partial charge in [-0.05, 0) is 12.8 Å². The largest absolute Gasteiger partial charge is 0.550 e. The summed E-state index contributed by atoms with van der Waals surface area (Å²) < 4.78 is 0.797. The Morgan fingerprint density at radius 2 is 1.19 bits per heavy atom. The van der Waals surface area contributed by atoms with E-state index in [9.17, 15) is 9.90 Å². The van der Waals surface area contributed by atoms with Crippen molar-refractivity contribution < 1.29 is 14.4 Å². The van der Waals surface area contributed by atoms with Gasteiger partial charge in [0.1, 0.15) is 0 Å². The average molecular weight is 299 g/mol. The first-order valence-corrected chi connectivity index (χ1v) is 9.00. The molecule has 0 bridgehead atoms. The van der Waals surface area contributed by atoms with Gasteiger partial charge in [-0.25, -0.2) is 0 Å². The van der Waals surface area contributed by atoms with E-state index < -0.39 is 5.97 Å². The topological polar surface area (TPSA) is 40.1 Å². The van der Waals surface area contributed by atoms with Crippen molar-refractivity contribution in [1.29, 1.82) is 0 Å². The fraction of sp³-hybridized carbons (Fsp3) is 0.944. The Balaban J connectivity index is 3.29. The van der Waals surface area contributed by atoms with Crippen LogP contribution in [0.2, 0.25) is 0 Å². The van der Waals surface area contributed by atoms with Crippen molar-refractivity contribution in [2.45, 2.75) is 84.0 Å². The fourth-order valence-corrected chi connectivity index (χ4v) is 2.71. The Labute approximate surface area is 132 Å². The predicted octanol–water partition coefficient (Wildman–Crippen LogP) is 3.51. The maximum atomic E-state index is 10.5. The molecular formula is C18H37NO2. The molecule has 0 aliphatic carbocycles. The molecule has 0 rings (SSSR count). The Morgan fingerprint density at radius 3 is 1.62 bits per heavy atom. The smallest absolute Gasteiger partial charge is 0.0835 e. The van der Waals surface area contributed by atoms with Gasteiger partial charge in [-0.1, -0.05) is 64.7 Å². The number of aliphatic carboxylic acids is 1. The Kier molecular flexibility index (Phi) is 12.8. The van der Waals surface area contributed by atoms with E-state index >= 15 is 0 Å². The lowest BCUT2D eigenvalue weighted by Crippen LogP contribution is -2.43. The number of rotatable bonds is 15. The molecule has 21 heavy (non-hydrogen) atoms. The zero-order valence-electron chi connectivity index (χ0n) is 14.7. The van der Waals surface area contributed by atoms with Gasteiger partial charge >= 0.3 is 0 Å². The fourth-order valence-electron chi connectivity index (χ4n) is 2.71. The number of quaternary nitrogens is 1. The maximum Gasteiger partial charge on any atom is 0.0835 e. The Bertz CT molecular complexity index is 252. The zero-order chi connectivity index (χ0) is 16.0. The van der Waals surface area contributed by atoms with Crippen LogP contribution in [0.1, 0.15) is 84.0 Å². The van der Waals surface area contributed by atoms with Crippen molar-refractivity contribution in [3.05, 3.63) is 0 Å². The molecule has 0 spiro atoms. The van der Waals surface area contributed by atoms with E-state index in [1.807, 2.05) is 0 Å². The Hall–Kier alpha value is -0.570. The molecule has 0 aromatic heterocycles. The SMILES string of the molecule is CCCCCCCCCCCCC[N+](C)(C)CCC(=O)[O-]. The lowest BCUT2D eigenvalue weighted by Gasteiger charge is -2.30. The molecule has 0 aromatic carbocycles. The van der Waals surface area contributed by atoms with E-state index in [2.05, 4.69) is 21.0 Å². The van der Waals surface area contributed by atoms with Crippen LogP contribution in [-0.4, -0.2) is 37.6 Å². The zero-order valence-corrected chi connectivity index (χ0v) is 14.7. The number of carboxylic acid groups (broad SMARTS) is 1. The van der Waals surface area contributed by atoms with Crippen LogP contribution >= 0.6 is 0 Å². The summed E-state index contributed by atoms with van der Waals surface area (Å²) in [5, 5.41) is 10.5. The highest BCUT2D eigenvalue weighted by Gasteiger charge is 2.13. The van der Waals surface area contributed by atoms with Crippen LogP contribution in [-0.2, 0) is 4.79 Å². The Morgan fingerprint density at radius 1 is 0.762 bits per heavy atom. The summed E-state index contributed by atoms with van der Waals surface area (Å²) in [6.07, 6.45) is 15.1. The van der Waals surface area contributed by atoms with Crippen LogP contribution in [0.5, 0.6) is 0 Å². The van der Waals surface area contributed by atoms with Crippen LogP contribution in [0.3, 0.4) is 0 Å². The number of nitrogens with zero attached hydrogens (tertiary/aromatic N) is 1. The van der Waals surface area contributed by atoms with Crippen LogP contribution in [0.4, 0.5) is 0 Å². The average Bonchev–Trinajstić information content (AvgIpc) is 2.43. The van der Waals surface area contributed by atoms with E-state index in [1.54, 1.807) is 0 Å². The van der Waals surface area contributed by atoms with Gasteiger partial charge in [0.2, 0.25) is 0 Å². The van der Waals surface area contributed by atoms with Gasteiger partial charge in [0.15, 0.2) is 0 Å². The van der Waals surface area contributed by atoms with Gasteiger partial charge in [0, 0.05) is 12.4 Å². The third-order valence-corrected chi connectivity index (χ3v) is 4.29. The molecule has 0 saturated heterocycles. The van der Waals surface area contributed by atoms with Gasteiger partial charge in [0.25, 0.3) is 0 Å². The molecule has 0 N–H and O–H groups in total. The lowest BCUT2D eigenvalue weighted by molar-refractivity contribution is -0.890. The van der Waals surface area contributed by atoms with E-state index in [4.69, 9.17) is 0 Å². The summed E-state index contributed by atoms with van der Waals surface area (Å²) in [6.45, 7) is 4.02. The van der Waals surface area contributed by atoms with Crippen LogP contribution in [0.15, 0.2) is 0 Å². The first-order valence-electron chi connectivity index (χ1n) is 9.00. The van der Waals surface area contributed by atoms with Gasteiger partial charge in [0.05, 0.1) is 27.2 Å². The highest BCUT2D eigenvalue weighted by Crippen LogP contribution is 2.12. The van der Waals surface area contributed by atoms with E-state index in [0.717, 1.165) is 11.0 Å². The molecule has 0 heterocycles. The molecule has 0 atom stereocenters. The van der Waals surface area contributed by atoms with Crippen molar-refractivity contribution in [2.75, 3.05) is 27.2 Å². The van der Waals surface area contributed by atoms with Crippen LogP contribution < -0.4 is 5.11 Å². The van der Waals surface area contributed by atoms with Gasteiger partial charge in [-0.15, -0.1) is 0 Å². The molecule has 126 valence electrons. The predicted molar refractivity (Wildman–Crippen MR) is 87.9 cm³/mol. The second-order valence-electron chi connectivity index (χ2n) is 7.04. The summed E-state index contributed by atoms with van der Waals surface area (Å²) in [5.41, 5.74) is 0.